The van der Waals surface area contributed by atoms with Gasteiger partial charge in [0.2, 0.25) is 0 Å². The molecule has 10 heteroatoms. The van der Waals surface area contributed by atoms with Crippen LogP contribution in [-0.2, 0) is 19.6 Å². The van der Waals surface area contributed by atoms with Gasteiger partial charge >= 0.3 is 12.1 Å². The largest absolute Gasteiger partial charge is 0.450 e. The summed E-state index contributed by atoms with van der Waals surface area (Å²) in [5.41, 5.74) is 0.453. The second-order valence-electron chi connectivity index (χ2n) is 6.80. The lowest BCUT2D eigenvalue weighted by Crippen LogP contribution is -2.43. The first-order valence-corrected chi connectivity index (χ1v) is 11.9. The summed E-state index contributed by atoms with van der Waals surface area (Å²) in [4.78, 5) is 25.9. The molecule has 30 heavy (non-hydrogen) atoms. The average molecular weight is 453 g/mol. The quantitative estimate of drug-likeness (QED) is 0.493. The highest BCUT2D eigenvalue weighted by Crippen LogP contribution is 2.27. The molecule has 0 unspecified atom stereocenters. The predicted octanol–water partition coefficient (Wildman–Crippen LogP) is 3.35. The van der Waals surface area contributed by atoms with Gasteiger partial charge in [-0.25, -0.2) is 13.2 Å². The second-order valence-corrected chi connectivity index (χ2v) is 9.95. The average Bonchev–Trinajstić information content (AvgIpc) is 3.30. The van der Waals surface area contributed by atoms with Crippen molar-refractivity contribution in [2.24, 2.45) is 5.92 Å². The van der Waals surface area contributed by atoms with Gasteiger partial charge in [0.1, 0.15) is 9.96 Å². The molecule has 3 rings (SSSR count). The van der Waals surface area contributed by atoms with Crippen molar-refractivity contribution in [1.29, 1.82) is 0 Å². The lowest BCUT2D eigenvalue weighted by Gasteiger charge is -2.30. The van der Waals surface area contributed by atoms with E-state index in [0.717, 1.165) is 11.3 Å². The summed E-state index contributed by atoms with van der Waals surface area (Å²) in [5.74, 6) is -0.528. The van der Waals surface area contributed by atoms with E-state index in [0.29, 0.717) is 30.8 Å². The number of amides is 1. The zero-order chi connectivity index (χ0) is 21.7. The van der Waals surface area contributed by atoms with E-state index in [9.17, 15) is 18.0 Å². The molecule has 2 aromatic rings. The molecule has 1 fully saturated rings. The molecule has 0 N–H and O–H groups in total. The van der Waals surface area contributed by atoms with E-state index < -0.39 is 28.0 Å². The molecule has 0 aliphatic carbocycles. The van der Waals surface area contributed by atoms with Gasteiger partial charge in [0.25, 0.3) is 10.0 Å². The summed E-state index contributed by atoms with van der Waals surface area (Å²) in [6, 6.07) is 9.51. The SMILES string of the molecule is CCOC(=O)N1CCC[C@H](C(=O)Oc2ccc(N(C)S(=O)(=O)c3cccs3)cc2)C1. The Morgan fingerprint density at radius 2 is 1.97 bits per heavy atom. The van der Waals surface area contributed by atoms with E-state index in [2.05, 4.69) is 0 Å². The minimum absolute atomic E-state index is 0.254. The molecular weight excluding hydrogens is 428 g/mol. The molecular formula is C20H24N2O6S2. The van der Waals surface area contributed by atoms with Crippen molar-refractivity contribution in [1.82, 2.24) is 4.90 Å². The Bertz CT molecular complexity index is 973. The fourth-order valence-corrected chi connectivity index (χ4v) is 5.51. The summed E-state index contributed by atoms with van der Waals surface area (Å²) in [5, 5.41) is 1.71. The third-order valence-electron chi connectivity index (χ3n) is 4.81. The molecule has 8 nitrogen and oxygen atoms in total. The molecule has 1 aromatic heterocycles. The summed E-state index contributed by atoms with van der Waals surface area (Å²) in [7, 11) is -2.15. The van der Waals surface area contributed by atoms with Gasteiger partial charge in [0, 0.05) is 20.1 Å². The number of hydrogen-bond acceptors (Lipinski definition) is 7. The Balaban J connectivity index is 1.63. The number of nitrogens with zero attached hydrogens (tertiary/aromatic N) is 2. The summed E-state index contributed by atoms with van der Waals surface area (Å²) in [6.45, 7) is 2.84. The van der Waals surface area contributed by atoms with Gasteiger partial charge in [-0.15, -0.1) is 11.3 Å². The van der Waals surface area contributed by atoms with E-state index in [1.165, 1.54) is 16.3 Å². The Morgan fingerprint density at radius 3 is 2.60 bits per heavy atom. The molecule has 1 aliphatic heterocycles. The molecule has 0 bridgehead atoms. The van der Waals surface area contributed by atoms with Crippen LogP contribution in [0.3, 0.4) is 0 Å². The van der Waals surface area contributed by atoms with Gasteiger partial charge < -0.3 is 14.4 Å². The molecule has 0 saturated carbocycles. The third kappa shape index (κ3) is 4.93. The lowest BCUT2D eigenvalue weighted by molar-refractivity contribution is -0.140. The molecule has 1 aromatic carbocycles. The van der Waals surface area contributed by atoms with Crippen LogP contribution in [0.2, 0.25) is 0 Å². The number of ether oxygens (including phenoxy) is 2. The number of rotatable bonds is 6. The Kier molecular flexibility index (Phi) is 6.99. The first kappa shape index (κ1) is 22.1. The van der Waals surface area contributed by atoms with Crippen LogP contribution in [0.4, 0.5) is 10.5 Å². The minimum Gasteiger partial charge on any atom is -0.450 e. The van der Waals surface area contributed by atoms with E-state index in [1.807, 2.05) is 0 Å². The van der Waals surface area contributed by atoms with Crippen molar-refractivity contribution in [3.8, 4) is 5.75 Å². The number of benzene rings is 1. The second kappa shape index (κ2) is 9.48. The molecule has 2 heterocycles. The van der Waals surface area contributed by atoms with Crippen LogP contribution in [-0.4, -0.2) is 52.1 Å². The first-order valence-electron chi connectivity index (χ1n) is 9.59. The van der Waals surface area contributed by atoms with Crippen molar-refractivity contribution >= 4 is 39.1 Å². The molecule has 162 valence electrons. The Labute approximate surface area is 180 Å². The standard InChI is InChI=1S/C20H24N2O6S2/c1-3-27-20(24)22-12-4-6-15(14-22)19(23)28-17-10-8-16(9-11-17)21(2)30(25,26)18-7-5-13-29-18/h5,7-11,13,15H,3-4,6,12,14H2,1-2H3/t15-/m0/s1. The van der Waals surface area contributed by atoms with Crippen molar-refractivity contribution in [3.63, 3.8) is 0 Å². The maximum atomic E-state index is 12.6. The fourth-order valence-electron chi connectivity index (χ4n) is 3.16. The normalized spacial score (nSPS) is 16.7. The Hall–Kier alpha value is -2.59. The summed E-state index contributed by atoms with van der Waals surface area (Å²) < 4.78 is 37.1. The number of piperidine rings is 1. The maximum Gasteiger partial charge on any atom is 0.409 e. The van der Waals surface area contributed by atoms with E-state index in [1.54, 1.807) is 48.7 Å². The van der Waals surface area contributed by atoms with Crippen LogP contribution in [0.5, 0.6) is 5.75 Å². The van der Waals surface area contributed by atoms with Gasteiger partial charge in [-0.1, -0.05) is 6.07 Å². The van der Waals surface area contributed by atoms with Crippen molar-refractivity contribution in [2.45, 2.75) is 24.0 Å². The molecule has 1 amide bonds. The number of hydrogen-bond donors (Lipinski definition) is 0. The highest BCUT2D eigenvalue weighted by molar-refractivity contribution is 7.94. The van der Waals surface area contributed by atoms with Crippen LogP contribution in [0.25, 0.3) is 0 Å². The number of anilines is 1. The number of carbonyl (C=O) groups is 2. The topological polar surface area (TPSA) is 93.2 Å². The number of likely N-dealkylation sites (tertiary alicyclic amines) is 1. The van der Waals surface area contributed by atoms with Gasteiger partial charge in [-0.3, -0.25) is 9.10 Å². The summed E-state index contributed by atoms with van der Waals surface area (Å²) >= 11 is 1.15. The van der Waals surface area contributed by atoms with Gasteiger partial charge in [-0.2, -0.15) is 0 Å². The zero-order valence-electron chi connectivity index (χ0n) is 16.8. The third-order valence-corrected chi connectivity index (χ3v) is 7.97. The van der Waals surface area contributed by atoms with E-state index in [4.69, 9.17) is 9.47 Å². The van der Waals surface area contributed by atoms with Crippen molar-refractivity contribution in [3.05, 3.63) is 41.8 Å². The fraction of sp³-hybridized carbons (Fsp3) is 0.400. The molecule has 0 radical (unpaired) electrons. The molecule has 0 spiro atoms. The lowest BCUT2D eigenvalue weighted by atomic mass is 9.98. The smallest absolute Gasteiger partial charge is 0.409 e. The first-order chi connectivity index (χ1) is 14.3. The van der Waals surface area contributed by atoms with Crippen molar-refractivity contribution in [2.75, 3.05) is 31.0 Å². The maximum absolute atomic E-state index is 12.6. The van der Waals surface area contributed by atoms with E-state index in [-0.39, 0.29) is 17.4 Å². The zero-order valence-corrected chi connectivity index (χ0v) is 18.4. The number of carbonyl (C=O) groups excluding carboxylic acids is 2. The predicted molar refractivity (Wildman–Crippen MR) is 113 cm³/mol. The van der Waals surface area contributed by atoms with Crippen LogP contribution in [0.1, 0.15) is 19.8 Å². The highest BCUT2D eigenvalue weighted by Gasteiger charge is 2.30. The number of thiophene rings is 1. The minimum atomic E-state index is -3.63. The molecule has 1 atom stereocenters. The van der Waals surface area contributed by atoms with Crippen LogP contribution < -0.4 is 9.04 Å². The molecule has 1 saturated heterocycles. The van der Waals surface area contributed by atoms with Crippen molar-refractivity contribution < 1.29 is 27.5 Å². The highest BCUT2D eigenvalue weighted by atomic mass is 32.2. The van der Waals surface area contributed by atoms with Crippen LogP contribution in [0.15, 0.2) is 46.0 Å². The van der Waals surface area contributed by atoms with Crippen LogP contribution in [0, 0.1) is 5.92 Å². The summed E-state index contributed by atoms with van der Waals surface area (Å²) in [6.07, 6.45) is 0.909. The van der Waals surface area contributed by atoms with E-state index >= 15 is 0 Å². The van der Waals surface area contributed by atoms with Gasteiger partial charge in [0.05, 0.1) is 18.2 Å². The number of sulfonamides is 1. The molecule has 1 aliphatic rings. The number of esters is 1. The van der Waals surface area contributed by atoms with Crippen LogP contribution >= 0.6 is 11.3 Å². The Morgan fingerprint density at radius 1 is 1.23 bits per heavy atom. The van der Waals surface area contributed by atoms with Gasteiger partial charge in [0.15, 0.2) is 0 Å². The van der Waals surface area contributed by atoms with Gasteiger partial charge in [-0.05, 0) is 55.5 Å². The monoisotopic (exact) mass is 452 g/mol.